The molecule has 0 spiro atoms. The Hall–Kier alpha value is -0.520. The van der Waals surface area contributed by atoms with Crippen molar-refractivity contribution in [2.24, 2.45) is 34.5 Å². The Balaban J connectivity index is 1.65. The van der Waals surface area contributed by atoms with E-state index in [-0.39, 0.29) is 11.5 Å². The lowest BCUT2D eigenvalue weighted by atomic mass is 9.44. The van der Waals surface area contributed by atoms with Gasteiger partial charge in [0, 0.05) is 5.41 Å². The third-order valence-corrected chi connectivity index (χ3v) is 9.03. The summed E-state index contributed by atoms with van der Waals surface area (Å²) in [7, 11) is 0. The first-order valence-corrected chi connectivity index (χ1v) is 9.72. The molecule has 4 aliphatic carbocycles. The minimum absolute atomic E-state index is 0.0727. The standard InChI is InChI=1S/C21H32O2/c1-4-21(23)12-9-18-16-6-5-14-13-15(22)7-10-19(14,2)17(16)8-11-20(18,21)3/h1,14-18,22-23H,5-13H2,2-3H3. The molecule has 128 valence electrons. The van der Waals surface area contributed by atoms with E-state index >= 15 is 0 Å². The topological polar surface area (TPSA) is 40.5 Å². The Morgan fingerprint density at radius 2 is 1.70 bits per heavy atom. The summed E-state index contributed by atoms with van der Waals surface area (Å²) in [5, 5.41) is 21.1. The molecule has 4 saturated carbocycles. The molecular weight excluding hydrogens is 284 g/mol. The van der Waals surface area contributed by atoms with Gasteiger partial charge < -0.3 is 10.2 Å². The Morgan fingerprint density at radius 1 is 0.957 bits per heavy atom. The van der Waals surface area contributed by atoms with Crippen molar-refractivity contribution in [1.82, 2.24) is 0 Å². The van der Waals surface area contributed by atoms with Gasteiger partial charge in [0.1, 0.15) is 5.60 Å². The summed E-state index contributed by atoms with van der Waals surface area (Å²) < 4.78 is 0. The molecule has 4 fully saturated rings. The highest BCUT2D eigenvalue weighted by molar-refractivity contribution is 5.23. The number of aliphatic hydroxyl groups is 2. The summed E-state index contributed by atoms with van der Waals surface area (Å²) in [6.45, 7) is 4.77. The first kappa shape index (κ1) is 16.0. The molecule has 4 rings (SSSR count). The highest BCUT2D eigenvalue weighted by Gasteiger charge is 2.64. The van der Waals surface area contributed by atoms with Crippen LogP contribution in [0.1, 0.15) is 71.6 Å². The van der Waals surface area contributed by atoms with E-state index in [1.807, 2.05) is 0 Å². The minimum Gasteiger partial charge on any atom is -0.393 e. The predicted octanol–water partition coefficient (Wildman–Crippen LogP) is 3.75. The van der Waals surface area contributed by atoms with Crippen molar-refractivity contribution in [2.45, 2.75) is 83.3 Å². The van der Waals surface area contributed by atoms with Crippen LogP contribution in [0.15, 0.2) is 0 Å². The van der Waals surface area contributed by atoms with Crippen LogP contribution in [-0.2, 0) is 0 Å². The second kappa shape index (κ2) is 4.99. The van der Waals surface area contributed by atoms with Gasteiger partial charge >= 0.3 is 0 Å². The molecule has 0 aromatic rings. The van der Waals surface area contributed by atoms with Gasteiger partial charge in [-0.05, 0) is 86.9 Å². The molecule has 2 nitrogen and oxygen atoms in total. The first-order valence-electron chi connectivity index (χ1n) is 9.72. The summed E-state index contributed by atoms with van der Waals surface area (Å²) in [6, 6.07) is 0. The monoisotopic (exact) mass is 316 g/mol. The lowest BCUT2D eigenvalue weighted by molar-refractivity contribution is -0.144. The molecule has 0 radical (unpaired) electrons. The van der Waals surface area contributed by atoms with E-state index in [0.29, 0.717) is 17.3 Å². The molecule has 23 heavy (non-hydrogen) atoms. The molecular formula is C21H32O2. The number of fused-ring (bicyclic) bond motifs is 5. The van der Waals surface area contributed by atoms with Crippen LogP contribution in [-0.4, -0.2) is 21.9 Å². The molecule has 2 heteroatoms. The third kappa shape index (κ3) is 1.96. The van der Waals surface area contributed by atoms with Crippen LogP contribution in [0.5, 0.6) is 0 Å². The molecule has 8 unspecified atom stereocenters. The molecule has 8 atom stereocenters. The van der Waals surface area contributed by atoms with E-state index in [0.717, 1.165) is 43.9 Å². The van der Waals surface area contributed by atoms with Crippen LogP contribution in [0.25, 0.3) is 0 Å². The van der Waals surface area contributed by atoms with Crippen molar-refractivity contribution >= 4 is 0 Å². The molecule has 0 aliphatic heterocycles. The van der Waals surface area contributed by atoms with Crippen molar-refractivity contribution in [1.29, 1.82) is 0 Å². The van der Waals surface area contributed by atoms with Crippen molar-refractivity contribution in [3.63, 3.8) is 0 Å². The Kier molecular flexibility index (Phi) is 3.47. The lowest BCUT2D eigenvalue weighted by Crippen LogP contribution is -2.56. The second-order valence-electron chi connectivity index (χ2n) is 9.58. The number of hydrogen-bond donors (Lipinski definition) is 2. The van der Waals surface area contributed by atoms with Gasteiger partial charge in [-0.2, -0.15) is 0 Å². The van der Waals surface area contributed by atoms with Gasteiger partial charge in [-0.15, -0.1) is 6.42 Å². The van der Waals surface area contributed by atoms with Crippen molar-refractivity contribution < 1.29 is 10.2 Å². The predicted molar refractivity (Wildman–Crippen MR) is 91.5 cm³/mol. The molecule has 0 aromatic heterocycles. The summed E-state index contributed by atoms with van der Waals surface area (Å²) >= 11 is 0. The zero-order chi connectivity index (χ0) is 16.5. The van der Waals surface area contributed by atoms with E-state index in [1.54, 1.807) is 0 Å². The third-order valence-electron chi connectivity index (χ3n) is 9.03. The molecule has 4 aliphatic rings. The summed E-state index contributed by atoms with van der Waals surface area (Å²) in [4.78, 5) is 0. The van der Waals surface area contributed by atoms with Gasteiger partial charge in [0.15, 0.2) is 0 Å². The fourth-order valence-electron chi connectivity index (χ4n) is 7.49. The van der Waals surface area contributed by atoms with Crippen LogP contribution in [0.4, 0.5) is 0 Å². The van der Waals surface area contributed by atoms with Crippen molar-refractivity contribution in [3.05, 3.63) is 0 Å². The molecule has 0 heterocycles. The molecule has 0 amide bonds. The van der Waals surface area contributed by atoms with Gasteiger partial charge in [0.25, 0.3) is 0 Å². The van der Waals surface area contributed by atoms with Crippen molar-refractivity contribution in [3.8, 4) is 12.3 Å². The number of aliphatic hydroxyl groups excluding tert-OH is 1. The Morgan fingerprint density at radius 3 is 2.43 bits per heavy atom. The van der Waals surface area contributed by atoms with Gasteiger partial charge in [-0.3, -0.25) is 0 Å². The zero-order valence-electron chi connectivity index (χ0n) is 14.7. The maximum Gasteiger partial charge on any atom is 0.130 e. The number of hydrogen-bond acceptors (Lipinski definition) is 2. The highest BCUT2D eigenvalue weighted by atomic mass is 16.3. The summed E-state index contributed by atoms with van der Waals surface area (Å²) in [5.74, 6) is 5.56. The summed E-state index contributed by atoms with van der Waals surface area (Å²) in [5.41, 5.74) is -0.566. The smallest absolute Gasteiger partial charge is 0.130 e. The van der Waals surface area contributed by atoms with Crippen LogP contribution < -0.4 is 0 Å². The van der Waals surface area contributed by atoms with Gasteiger partial charge in [-0.25, -0.2) is 0 Å². The van der Waals surface area contributed by atoms with E-state index in [2.05, 4.69) is 19.8 Å². The SMILES string of the molecule is C#CC1(O)CCC2C3CCC4CC(O)CCC4(C)C3CCC21C. The van der Waals surface area contributed by atoms with Crippen LogP contribution in [0.2, 0.25) is 0 Å². The van der Waals surface area contributed by atoms with Gasteiger partial charge in [0.05, 0.1) is 6.10 Å². The average Bonchev–Trinajstić information content (AvgIpc) is 2.80. The van der Waals surface area contributed by atoms with Gasteiger partial charge in [-0.1, -0.05) is 19.8 Å². The molecule has 0 saturated heterocycles. The number of terminal acetylenes is 1. The molecule has 2 N–H and O–H groups in total. The summed E-state index contributed by atoms with van der Waals surface area (Å²) in [6.07, 6.45) is 15.6. The second-order valence-corrected chi connectivity index (χ2v) is 9.58. The quantitative estimate of drug-likeness (QED) is 0.668. The van der Waals surface area contributed by atoms with Crippen LogP contribution >= 0.6 is 0 Å². The molecule has 0 aromatic carbocycles. The average molecular weight is 316 g/mol. The number of rotatable bonds is 0. The minimum atomic E-state index is -0.886. The first-order chi connectivity index (χ1) is 10.8. The van der Waals surface area contributed by atoms with Crippen LogP contribution in [0, 0.1) is 46.8 Å². The fourth-order valence-corrected chi connectivity index (χ4v) is 7.49. The van der Waals surface area contributed by atoms with E-state index in [4.69, 9.17) is 6.42 Å². The Labute approximate surface area is 141 Å². The largest absolute Gasteiger partial charge is 0.393 e. The molecule has 0 bridgehead atoms. The van der Waals surface area contributed by atoms with Crippen LogP contribution in [0.3, 0.4) is 0 Å². The van der Waals surface area contributed by atoms with Gasteiger partial charge in [0.2, 0.25) is 0 Å². The fraction of sp³-hybridized carbons (Fsp3) is 0.905. The highest BCUT2D eigenvalue weighted by Crippen LogP contribution is 2.68. The zero-order valence-corrected chi connectivity index (χ0v) is 14.7. The van der Waals surface area contributed by atoms with E-state index in [9.17, 15) is 10.2 Å². The van der Waals surface area contributed by atoms with Crippen molar-refractivity contribution in [2.75, 3.05) is 0 Å². The normalized spacial score (nSPS) is 58.7. The lowest BCUT2D eigenvalue weighted by Gasteiger charge is -2.61. The maximum absolute atomic E-state index is 11.0. The Bertz CT molecular complexity index is 536. The van der Waals surface area contributed by atoms with E-state index < -0.39 is 5.60 Å². The van der Waals surface area contributed by atoms with E-state index in [1.165, 1.54) is 25.7 Å². The maximum atomic E-state index is 11.0.